The Hall–Kier alpha value is -3.08. The molecular weight excluding hydrogens is 431 g/mol. The van der Waals surface area contributed by atoms with Crippen molar-refractivity contribution in [3.63, 3.8) is 0 Å². The average Bonchev–Trinajstić information content (AvgIpc) is 3.32. The number of thioether (sulfide) groups is 1. The number of aliphatic imine (C=N–C) groups is 1. The molecule has 11 heteroatoms. The molecule has 4 rings (SSSR count). The van der Waals surface area contributed by atoms with E-state index in [0.29, 0.717) is 18.1 Å². The first-order valence-electron chi connectivity index (χ1n) is 9.47. The van der Waals surface area contributed by atoms with Gasteiger partial charge in [0, 0.05) is 24.2 Å². The highest BCUT2D eigenvalue weighted by molar-refractivity contribution is 8.00. The maximum Gasteiger partial charge on any atom is 0.446 e. The van der Waals surface area contributed by atoms with Crippen LogP contribution in [0.1, 0.15) is 18.2 Å². The predicted molar refractivity (Wildman–Crippen MR) is 110 cm³/mol. The number of urea groups is 1. The molecule has 3 heterocycles. The van der Waals surface area contributed by atoms with Gasteiger partial charge in [-0.25, -0.2) is 9.69 Å². The van der Waals surface area contributed by atoms with Gasteiger partial charge in [-0.05, 0) is 60.6 Å². The summed E-state index contributed by atoms with van der Waals surface area (Å²) in [6, 6.07) is 7.50. The number of carbonyl (C=O) groups is 2. The molecule has 0 saturated carbocycles. The number of anilines is 1. The van der Waals surface area contributed by atoms with Gasteiger partial charge in [-0.15, -0.1) is 0 Å². The van der Waals surface area contributed by atoms with E-state index in [0.717, 1.165) is 17.0 Å². The smallest absolute Gasteiger partial charge is 0.367 e. The minimum Gasteiger partial charge on any atom is -0.367 e. The van der Waals surface area contributed by atoms with Crippen molar-refractivity contribution in [2.24, 2.45) is 4.99 Å². The van der Waals surface area contributed by atoms with Crippen LogP contribution < -0.4 is 10.2 Å². The summed E-state index contributed by atoms with van der Waals surface area (Å²) in [6.45, 7) is 3.23. The van der Waals surface area contributed by atoms with Gasteiger partial charge in [0.15, 0.2) is 0 Å². The summed E-state index contributed by atoms with van der Waals surface area (Å²) in [5.74, 6) is 0.259. The largest absolute Gasteiger partial charge is 0.446 e. The van der Waals surface area contributed by atoms with Gasteiger partial charge < -0.3 is 10.2 Å². The van der Waals surface area contributed by atoms with E-state index in [9.17, 15) is 22.8 Å². The highest BCUT2D eigenvalue weighted by Gasteiger charge is 2.43. The molecule has 3 amide bonds. The second kappa shape index (κ2) is 8.22. The third kappa shape index (κ3) is 4.50. The lowest BCUT2D eigenvalue weighted by Crippen LogP contribution is -2.33. The molecule has 162 valence electrons. The van der Waals surface area contributed by atoms with Gasteiger partial charge >= 0.3 is 11.5 Å². The van der Waals surface area contributed by atoms with Crippen LogP contribution in [0.4, 0.5) is 23.7 Å². The zero-order valence-electron chi connectivity index (χ0n) is 16.4. The number of pyridine rings is 1. The SMILES string of the molecule is CC1C(=O)N(c2ccc(SC(F)(F)F)cc2)C(=O)N1Cc1ccnc(C2=NCCN2)c1. The maximum atomic E-state index is 13.0. The molecule has 0 aliphatic carbocycles. The molecule has 1 aromatic carbocycles. The van der Waals surface area contributed by atoms with Gasteiger partial charge in [-0.1, -0.05) is 0 Å². The standard InChI is InChI=1S/C20H18F3N5O2S/c1-12-18(29)28(14-2-4-15(5-3-14)31-20(21,22)23)19(30)27(12)11-13-6-7-24-16(10-13)17-25-8-9-26-17/h2-7,10,12H,8-9,11H2,1H3,(H,25,26). The van der Waals surface area contributed by atoms with Crippen LogP contribution in [0.2, 0.25) is 0 Å². The van der Waals surface area contributed by atoms with E-state index in [4.69, 9.17) is 0 Å². The van der Waals surface area contributed by atoms with Crippen LogP contribution in [-0.2, 0) is 11.3 Å². The lowest BCUT2D eigenvalue weighted by atomic mass is 10.2. The molecule has 2 aliphatic rings. The molecule has 1 unspecified atom stereocenters. The topological polar surface area (TPSA) is 77.9 Å². The highest BCUT2D eigenvalue weighted by atomic mass is 32.2. The Morgan fingerprint density at radius 3 is 2.58 bits per heavy atom. The zero-order valence-corrected chi connectivity index (χ0v) is 17.2. The van der Waals surface area contributed by atoms with E-state index in [1.165, 1.54) is 29.2 Å². The summed E-state index contributed by atoms with van der Waals surface area (Å²) < 4.78 is 37.6. The van der Waals surface area contributed by atoms with Gasteiger partial charge in [0.1, 0.15) is 17.6 Å². The minimum atomic E-state index is -4.41. The zero-order chi connectivity index (χ0) is 22.2. The Labute approximate surface area is 180 Å². The van der Waals surface area contributed by atoms with E-state index in [1.807, 2.05) is 6.07 Å². The quantitative estimate of drug-likeness (QED) is 0.559. The van der Waals surface area contributed by atoms with Crippen LogP contribution in [0.25, 0.3) is 0 Å². The number of rotatable bonds is 5. The monoisotopic (exact) mass is 449 g/mol. The summed E-state index contributed by atoms with van der Waals surface area (Å²) in [6.07, 6.45) is 1.62. The number of imide groups is 1. The molecule has 1 atom stereocenters. The highest BCUT2D eigenvalue weighted by Crippen LogP contribution is 2.38. The van der Waals surface area contributed by atoms with Crippen molar-refractivity contribution in [2.45, 2.75) is 29.9 Å². The Morgan fingerprint density at radius 2 is 1.94 bits per heavy atom. The number of hydrogen-bond donors (Lipinski definition) is 1. The molecule has 0 spiro atoms. The summed E-state index contributed by atoms with van der Waals surface area (Å²) in [5.41, 5.74) is -2.73. The first-order valence-corrected chi connectivity index (χ1v) is 10.3. The van der Waals surface area contributed by atoms with Crippen LogP contribution in [0.5, 0.6) is 0 Å². The average molecular weight is 449 g/mol. The third-order valence-electron chi connectivity index (χ3n) is 4.90. The minimum absolute atomic E-state index is 0.0204. The molecule has 7 nitrogen and oxygen atoms in total. The summed E-state index contributed by atoms with van der Waals surface area (Å²) in [4.78, 5) is 36.7. The van der Waals surface area contributed by atoms with E-state index in [1.54, 1.807) is 19.2 Å². The third-order valence-corrected chi connectivity index (χ3v) is 5.64. The van der Waals surface area contributed by atoms with Crippen LogP contribution >= 0.6 is 11.8 Å². The lowest BCUT2D eigenvalue weighted by molar-refractivity contribution is -0.119. The van der Waals surface area contributed by atoms with Gasteiger partial charge in [-0.2, -0.15) is 13.2 Å². The number of nitrogens with one attached hydrogen (secondary N) is 1. The number of halogens is 3. The van der Waals surface area contributed by atoms with Crippen molar-refractivity contribution in [1.29, 1.82) is 0 Å². The van der Waals surface area contributed by atoms with E-state index in [-0.39, 0.29) is 28.9 Å². The Balaban J connectivity index is 1.52. The fourth-order valence-electron chi connectivity index (χ4n) is 3.42. The van der Waals surface area contributed by atoms with Crippen LogP contribution in [0.15, 0.2) is 52.5 Å². The van der Waals surface area contributed by atoms with E-state index >= 15 is 0 Å². The maximum absolute atomic E-state index is 13.0. The number of nitrogens with zero attached hydrogens (tertiary/aromatic N) is 4. The van der Waals surface area contributed by atoms with Gasteiger partial charge in [-0.3, -0.25) is 14.8 Å². The predicted octanol–water partition coefficient (Wildman–Crippen LogP) is 3.40. The molecule has 2 aromatic rings. The first-order chi connectivity index (χ1) is 14.7. The van der Waals surface area contributed by atoms with Crippen molar-refractivity contribution >= 4 is 35.2 Å². The molecule has 0 radical (unpaired) electrons. The van der Waals surface area contributed by atoms with Crippen molar-refractivity contribution in [3.05, 3.63) is 53.9 Å². The summed E-state index contributed by atoms with van der Waals surface area (Å²) in [5, 5.41) is 3.14. The number of amidine groups is 1. The van der Waals surface area contributed by atoms with Gasteiger partial charge in [0.2, 0.25) is 0 Å². The van der Waals surface area contributed by atoms with Crippen molar-refractivity contribution in [3.8, 4) is 0 Å². The van der Waals surface area contributed by atoms with Crippen molar-refractivity contribution in [2.75, 3.05) is 18.0 Å². The molecule has 1 N–H and O–H groups in total. The van der Waals surface area contributed by atoms with E-state index in [2.05, 4.69) is 15.3 Å². The molecule has 1 saturated heterocycles. The number of alkyl halides is 3. The Kier molecular flexibility index (Phi) is 5.61. The molecular formula is C20H18F3N5O2S. The van der Waals surface area contributed by atoms with Crippen LogP contribution in [0.3, 0.4) is 0 Å². The second-order valence-electron chi connectivity index (χ2n) is 7.01. The van der Waals surface area contributed by atoms with Gasteiger partial charge in [0.25, 0.3) is 5.91 Å². The van der Waals surface area contributed by atoms with Crippen LogP contribution in [0, 0.1) is 0 Å². The number of hydrogen-bond acceptors (Lipinski definition) is 6. The number of benzene rings is 1. The number of aromatic nitrogens is 1. The summed E-state index contributed by atoms with van der Waals surface area (Å²) in [7, 11) is 0. The molecule has 1 aromatic heterocycles. The molecule has 31 heavy (non-hydrogen) atoms. The number of carbonyl (C=O) groups excluding carboxylic acids is 2. The Bertz CT molecular complexity index is 1040. The van der Waals surface area contributed by atoms with Crippen molar-refractivity contribution in [1.82, 2.24) is 15.2 Å². The molecule has 0 bridgehead atoms. The molecule has 2 aliphatic heterocycles. The fourth-order valence-corrected chi connectivity index (χ4v) is 3.96. The number of amides is 3. The van der Waals surface area contributed by atoms with Crippen molar-refractivity contribution < 1.29 is 22.8 Å². The normalized spacial score (nSPS) is 19.1. The fraction of sp³-hybridized carbons (Fsp3) is 0.300. The lowest BCUT2D eigenvalue weighted by Gasteiger charge is -2.19. The van der Waals surface area contributed by atoms with Gasteiger partial charge in [0.05, 0.1) is 12.2 Å². The second-order valence-corrected chi connectivity index (χ2v) is 8.15. The summed E-state index contributed by atoms with van der Waals surface area (Å²) >= 11 is -0.251. The first kappa shape index (κ1) is 21.2. The van der Waals surface area contributed by atoms with E-state index < -0.39 is 23.5 Å². The van der Waals surface area contributed by atoms with Crippen LogP contribution in [-0.4, -0.2) is 52.3 Å². The Morgan fingerprint density at radius 1 is 1.19 bits per heavy atom. The molecule has 1 fully saturated rings.